The molecule has 2 aromatic rings. The van der Waals surface area contributed by atoms with E-state index in [2.05, 4.69) is 5.32 Å². The molecule has 0 spiro atoms. The number of hydrogen-bond acceptors (Lipinski definition) is 5. The molecule has 0 radical (unpaired) electrons. The fourth-order valence-corrected chi connectivity index (χ4v) is 3.33. The summed E-state index contributed by atoms with van der Waals surface area (Å²) in [6.07, 6.45) is -0.620. The summed E-state index contributed by atoms with van der Waals surface area (Å²) in [5, 5.41) is 11.5. The van der Waals surface area contributed by atoms with Crippen LogP contribution in [0.25, 0.3) is 0 Å². The molecule has 2 atom stereocenters. The number of aliphatic hydroxyl groups excluding tert-OH is 1. The summed E-state index contributed by atoms with van der Waals surface area (Å²) in [5.74, 6) is -0.224. The smallest absolute Gasteiger partial charge is 0.286 e. The predicted octanol–water partition coefficient (Wildman–Crippen LogP) is 2.83. The minimum Gasteiger partial charge on any atom is -0.491 e. The summed E-state index contributed by atoms with van der Waals surface area (Å²) < 4.78 is 19.1. The van der Waals surface area contributed by atoms with E-state index in [0.29, 0.717) is 12.2 Å². The minimum atomic E-state index is -1.06. The second-order valence-electron chi connectivity index (χ2n) is 5.58. The van der Waals surface area contributed by atoms with Crippen molar-refractivity contribution in [3.05, 3.63) is 65.5 Å². The average molecular weight is 361 g/mol. The SMILES string of the molecule is O=C1NC(=O)C(Cc2ccc(OC[C@@H](O)c3ccccc3F)cc2)S1. The number of hydrogen-bond donors (Lipinski definition) is 2. The predicted molar refractivity (Wildman–Crippen MR) is 91.9 cm³/mol. The first-order valence-corrected chi connectivity index (χ1v) is 8.56. The molecular weight excluding hydrogens is 345 g/mol. The molecule has 2 amide bonds. The van der Waals surface area contributed by atoms with Crippen LogP contribution in [0.5, 0.6) is 5.75 Å². The second-order valence-corrected chi connectivity index (χ2v) is 6.76. The maximum Gasteiger partial charge on any atom is 0.286 e. The van der Waals surface area contributed by atoms with Crippen LogP contribution in [-0.2, 0) is 11.2 Å². The van der Waals surface area contributed by atoms with Crippen molar-refractivity contribution >= 4 is 22.9 Å². The highest BCUT2D eigenvalue weighted by Crippen LogP contribution is 2.24. The maximum absolute atomic E-state index is 13.6. The molecule has 1 fully saturated rings. The second kappa shape index (κ2) is 7.67. The van der Waals surface area contributed by atoms with Crippen molar-refractivity contribution in [2.45, 2.75) is 17.8 Å². The van der Waals surface area contributed by atoms with Gasteiger partial charge < -0.3 is 9.84 Å². The quantitative estimate of drug-likeness (QED) is 0.827. The highest BCUT2D eigenvalue weighted by molar-refractivity contribution is 8.15. The molecule has 1 aliphatic heterocycles. The largest absolute Gasteiger partial charge is 0.491 e. The van der Waals surface area contributed by atoms with Crippen LogP contribution in [0.1, 0.15) is 17.2 Å². The zero-order chi connectivity index (χ0) is 17.8. The van der Waals surface area contributed by atoms with E-state index in [1.165, 1.54) is 12.1 Å². The standard InChI is InChI=1S/C18H16FNO4S/c19-14-4-2-1-3-13(14)15(21)10-24-12-7-5-11(6-8-12)9-16-17(22)20-18(23)25-16/h1-8,15-16,21H,9-10H2,(H,20,22,23)/t15-,16?/m1/s1. The zero-order valence-electron chi connectivity index (χ0n) is 13.1. The number of ether oxygens (including phenoxy) is 1. The Balaban J connectivity index is 1.55. The molecule has 25 heavy (non-hydrogen) atoms. The van der Waals surface area contributed by atoms with Crippen LogP contribution in [-0.4, -0.2) is 28.1 Å². The number of aliphatic hydroxyl groups is 1. The first-order valence-electron chi connectivity index (χ1n) is 7.68. The third-order valence-electron chi connectivity index (χ3n) is 3.78. The fraction of sp³-hybridized carbons (Fsp3) is 0.222. The van der Waals surface area contributed by atoms with Gasteiger partial charge >= 0.3 is 0 Å². The highest BCUT2D eigenvalue weighted by Gasteiger charge is 2.31. The van der Waals surface area contributed by atoms with E-state index in [-0.39, 0.29) is 23.3 Å². The number of carbonyl (C=O) groups is 2. The van der Waals surface area contributed by atoms with E-state index in [9.17, 15) is 19.1 Å². The van der Waals surface area contributed by atoms with Gasteiger partial charge in [-0.05, 0) is 30.2 Å². The lowest BCUT2D eigenvalue weighted by atomic mass is 10.1. The normalized spacial score (nSPS) is 18.1. The van der Waals surface area contributed by atoms with Gasteiger partial charge in [0.2, 0.25) is 5.91 Å². The van der Waals surface area contributed by atoms with Crippen molar-refractivity contribution in [1.82, 2.24) is 5.32 Å². The summed E-state index contributed by atoms with van der Waals surface area (Å²) in [6.45, 7) is -0.0737. The van der Waals surface area contributed by atoms with Crippen molar-refractivity contribution in [2.24, 2.45) is 0 Å². The van der Waals surface area contributed by atoms with E-state index in [1.54, 1.807) is 36.4 Å². The molecule has 2 aromatic carbocycles. The molecule has 5 nitrogen and oxygen atoms in total. The molecule has 1 aliphatic rings. The Hall–Kier alpha value is -2.38. The lowest BCUT2D eigenvalue weighted by molar-refractivity contribution is -0.118. The van der Waals surface area contributed by atoms with Crippen LogP contribution >= 0.6 is 11.8 Å². The number of benzene rings is 2. The number of rotatable bonds is 6. The highest BCUT2D eigenvalue weighted by atomic mass is 32.2. The van der Waals surface area contributed by atoms with Crippen LogP contribution < -0.4 is 10.1 Å². The molecule has 0 aromatic heterocycles. The van der Waals surface area contributed by atoms with Gasteiger partial charge in [-0.25, -0.2) is 4.39 Å². The van der Waals surface area contributed by atoms with Crippen LogP contribution in [0.3, 0.4) is 0 Å². The van der Waals surface area contributed by atoms with E-state index >= 15 is 0 Å². The Kier molecular flexibility index (Phi) is 5.35. The Morgan fingerprint density at radius 2 is 1.88 bits per heavy atom. The molecule has 7 heteroatoms. The van der Waals surface area contributed by atoms with Crippen molar-refractivity contribution in [3.63, 3.8) is 0 Å². The van der Waals surface area contributed by atoms with Gasteiger partial charge in [0, 0.05) is 5.56 Å². The third kappa shape index (κ3) is 4.37. The minimum absolute atomic E-state index is 0.0737. The fourth-order valence-electron chi connectivity index (χ4n) is 2.47. The molecule has 1 unspecified atom stereocenters. The number of amides is 2. The van der Waals surface area contributed by atoms with Gasteiger partial charge in [0.15, 0.2) is 0 Å². The van der Waals surface area contributed by atoms with Gasteiger partial charge in [0.1, 0.15) is 24.3 Å². The van der Waals surface area contributed by atoms with Crippen LogP contribution in [0.2, 0.25) is 0 Å². The van der Waals surface area contributed by atoms with Crippen LogP contribution in [0, 0.1) is 5.82 Å². The van der Waals surface area contributed by atoms with Gasteiger partial charge in [-0.2, -0.15) is 0 Å². The summed E-state index contributed by atoms with van der Waals surface area (Å²) in [7, 11) is 0. The lowest BCUT2D eigenvalue weighted by Gasteiger charge is -2.14. The van der Waals surface area contributed by atoms with E-state index in [1.807, 2.05) is 0 Å². The maximum atomic E-state index is 13.6. The molecule has 130 valence electrons. The monoisotopic (exact) mass is 361 g/mol. The Labute approximate surface area is 148 Å². The van der Waals surface area contributed by atoms with E-state index in [4.69, 9.17) is 4.74 Å². The molecule has 0 saturated carbocycles. The van der Waals surface area contributed by atoms with Gasteiger partial charge in [-0.1, -0.05) is 42.1 Å². The van der Waals surface area contributed by atoms with Crippen LogP contribution in [0.15, 0.2) is 48.5 Å². The number of halogens is 1. The average Bonchev–Trinajstić information content (AvgIpc) is 2.91. The number of thioether (sulfide) groups is 1. The van der Waals surface area contributed by atoms with Crippen molar-refractivity contribution in [2.75, 3.05) is 6.61 Å². The summed E-state index contributed by atoms with van der Waals surface area (Å²) in [4.78, 5) is 22.7. The van der Waals surface area contributed by atoms with Gasteiger partial charge in [0.05, 0.1) is 5.25 Å². The van der Waals surface area contributed by atoms with Crippen LogP contribution in [0.4, 0.5) is 9.18 Å². The topological polar surface area (TPSA) is 75.6 Å². The first-order chi connectivity index (χ1) is 12.0. The van der Waals surface area contributed by atoms with Gasteiger partial charge in [-0.15, -0.1) is 0 Å². The van der Waals surface area contributed by atoms with E-state index < -0.39 is 17.2 Å². The molecule has 0 aliphatic carbocycles. The first kappa shape index (κ1) is 17.4. The summed E-state index contributed by atoms with van der Waals surface area (Å²) >= 11 is 0.986. The third-order valence-corrected chi connectivity index (χ3v) is 4.76. The molecule has 0 bridgehead atoms. The zero-order valence-corrected chi connectivity index (χ0v) is 14.0. The molecular formula is C18H16FNO4S. The van der Waals surface area contributed by atoms with Crippen molar-refractivity contribution in [1.29, 1.82) is 0 Å². The molecule has 3 rings (SSSR count). The molecule has 2 N–H and O–H groups in total. The Bertz CT molecular complexity index is 781. The van der Waals surface area contributed by atoms with E-state index in [0.717, 1.165) is 17.3 Å². The number of nitrogens with one attached hydrogen (secondary N) is 1. The molecule has 1 saturated heterocycles. The summed E-state index contributed by atoms with van der Waals surface area (Å²) in [5.41, 5.74) is 1.08. The van der Waals surface area contributed by atoms with Crippen molar-refractivity contribution < 1.29 is 23.8 Å². The molecule has 1 heterocycles. The lowest BCUT2D eigenvalue weighted by Crippen LogP contribution is -2.25. The Morgan fingerprint density at radius 3 is 2.52 bits per heavy atom. The number of carbonyl (C=O) groups excluding carboxylic acids is 2. The summed E-state index contributed by atoms with van der Waals surface area (Å²) in [6, 6.07) is 13.0. The van der Waals surface area contributed by atoms with Crippen molar-refractivity contribution in [3.8, 4) is 5.75 Å². The number of imide groups is 1. The van der Waals surface area contributed by atoms with Gasteiger partial charge in [0.25, 0.3) is 5.24 Å². The Morgan fingerprint density at radius 1 is 1.16 bits per heavy atom. The van der Waals surface area contributed by atoms with Gasteiger partial charge in [-0.3, -0.25) is 14.9 Å².